The van der Waals surface area contributed by atoms with Crippen LogP contribution in [-0.4, -0.2) is 56.4 Å². The number of amides is 1. The average Bonchev–Trinajstić information content (AvgIpc) is 2.78. The maximum atomic E-state index is 11.0. The second-order valence-corrected chi connectivity index (χ2v) is 6.70. The number of ether oxygens (including phenoxy) is 3. The summed E-state index contributed by atoms with van der Waals surface area (Å²) in [6.07, 6.45) is -3.68. The molecule has 23 heavy (non-hydrogen) atoms. The van der Waals surface area contributed by atoms with E-state index in [-0.39, 0.29) is 18.3 Å². The van der Waals surface area contributed by atoms with Crippen LogP contribution in [0, 0.1) is 0 Å². The van der Waals surface area contributed by atoms with Gasteiger partial charge in [0.05, 0.1) is 21.9 Å². The van der Waals surface area contributed by atoms with E-state index in [1.165, 1.54) is 14.5 Å². The van der Waals surface area contributed by atoms with Gasteiger partial charge in [0.1, 0.15) is 12.2 Å². The highest BCUT2D eigenvalue weighted by molar-refractivity contribution is 14.2. The summed E-state index contributed by atoms with van der Waals surface area (Å²) in [4.78, 5) is 9.60. The Morgan fingerprint density at radius 3 is 2.57 bits per heavy atom. The lowest BCUT2D eigenvalue weighted by Gasteiger charge is -2.30. The molecule has 0 aromatic rings. The predicted molar refractivity (Wildman–Crippen MR) is 85.9 cm³/mol. The summed E-state index contributed by atoms with van der Waals surface area (Å²) in [5.74, 6) is -2.41. The third-order valence-corrected chi connectivity index (χ3v) is 4.07. The molecule has 3 unspecified atom stereocenters. The zero-order valence-corrected chi connectivity index (χ0v) is 15.8. The number of carbonyl (C=O) groups excluding carboxylic acids is 1. The largest absolute Gasteiger partial charge is 0.471 e. The van der Waals surface area contributed by atoms with Gasteiger partial charge in [-0.05, 0) is 20.3 Å². The molecule has 11 heteroatoms. The first-order chi connectivity index (χ1) is 10.6. The Morgan fingerprint density at radius 1 is 1.43 bits per heavy atom. The van der Waals surface area contributed by atoms with E-state index < -0.39 is 17.9 Å². The summed E-state index contributed by atoms with van der Waals surface area (Å²) in [6, 6.07) is 0. The number of alkyl halides is 3. The average molecular weight is 473 g/mol. The molecule has 0 spiro atoms. The molecule has 2 rings (SSSR count). The van der Waals surface area contributed by atoms with Crippen molar-refractivity contribution in [2.45, 2.75) is 50.5 Å². The van der Waals surface area contributed by atoms with E-state index in [1.807, 2.05) is 13.8 Å². The molecule has 1 N–H and O–H groups in total. The summed E-state index contributed by atoms with van der Waals surface area (Å²) >= 11 is 2.10. The summed E-state index contributed by atoms with van der Waals surface area (Å²) < 4.78 is 55.7. The monoisotopic (exact) mass is 473 g/mol. The number of nitrogens with one attached hydrogen (secondary N) is 1. The topological polar surface area (TPSA) is 66.0 Å². The molecule has 2 saturated heterocycles. The molecule has 0 bridgehead atoms. The van der Waals surface area contributed by atoms with Crippen molar-refractivity contribution in [1.29, 1.82) is 0 Å². The summed E-state index contributed by atoms with van der Waals surface area (Å²) in [5.41, 5.74) is 0. The second kappa shape index (κ2) is 9.04. The van der Waals surface area contributed by atoms with Gasteiger partial charge in [-0.15, -0.1) is 0 Å². The van der Waals surface area contributed by atoms with Crippen molar-refractivity contribution in [3.8, 4) is 0 Å². The minimum atomic E-state index is -4.74. The number of halogens is 4. The lowest BCUT2D eigenvalue weighted by Crippen LogP contribution is -2.44. The van der Waals surface area contributed by atoms with Crippen LogP contribution in [0.2, 0.25) is 0 Å². The van der Waals surface area contributed by atoms with Gasteiger partial charge >= 0.3 is 12.1 Å². The fourth-order valence-corrected chi connectivity index (χ4v) is 2.84. The zero-order chi connectivity index (χ0) is 17.7. The fourth-order valence-electron chi connectivity index (χ4n) is 2.21. The summed E-state index contributed by atoms with van der Waals surface area (Å²) in [6.45, 7) is 5.15. The Balaban J connectivity index is 0.000000284. The molecule has 2 fully saturated rings. The normalized spacial score (nSPS) is 29.3. The third kappa shape index (κ3) is 6.90. The van der Waals surface area contributed by atoms with Gasteiger partial charge in [0.15, 0.2) is 5.79 Å². The standard InChI is InChI=1S/C9H15IO4S.C3H4F3NO/c1-9(2)13-6-3-4-11-7(5-12-15-10)8(6)14-9;1-7-2(8)3(4,5)6/h6-8H,3-5H2,1-2H3;1H3,(H,7,8). The first-order valence-electron chi connectivity index (χ1n) is 6.77. The lowest BCUT2D eigenvalue weighted by atomic mass is 10.0. The van der Waals surface area contributed by atoms with Crippen molar-refractivity contribution in [2.24, 2.45) is 0 Å². The van der Waals surface area contributed by atoms with Crippen LogP contribution < -0.4 is 5.32 Å². The van der Waals surface area contributed by atoms with E-state index in [9.17, 15) is 18.0 Å². The van der Waals surface area contributed by atoms with Crippen LogP contribution in [0.3, 0.4) is 0 Å². The quantitative estimate of drug-likeness (QED) is 0.503. The van der Waals surface area contributed by atoms with Gasteiger partial charge in [-0.25, -0.2) is 0 Å². The van der Waals surface area contributed by atoms with Crippen LogP contribution in [0.25, 0.3) is 0 Å². The smallest absolute Gasteiger partial charge is 0.373 e. The van der Waals surface area contributed by atoms with Crippen LogP contribution >= 0.6 is 30.4 Å². The zero-order valence-electron chi connectivity index (χ0n) is 12.8. The SMILES string of the molecule is CC1(C)OC2CCOC(COSI)C2O1.CNC(=O)C(F)(F)F. The van der Waals surface area contributed by atoms with Gasteiger partial charge in [0.25, 0.3) is 0 Å². The highest BCUT2D eigenvalue weighted by Crippen LogP contribution is 2.35. The van der Waals surface area contributed by atoms with Crippen molar-refractivity contribution in [3.05, 3.63) is 0 Å². The van der Waals surface area contributed by atoms with E-state index in [4.69, 9.17) is 18.4 Å². The Morgan fingerprint density at radius 2 is 2.09 bits per heavy atom. The molecule has 2 heterocycles. The molecule has 0 aliphatic carbocycles. The van der Waals surface area contributed by atoms with E-state index >= 15 is 0 Å². The van der Waals surface area contributed by atoms with E-state index in [1.54, 1.807) is 0 Å². The van der Waals surface area contributed by atoms with Crippen molar-refractivity contribution >= 4 is 36.3 Å². The summed E-state index contributed by atoms with van der Waals surface area (Å²) in [5, 5.41) is 1.44. The Bertz CT molecular complexity index is 399. The van der Waals surface area contributed by atoms with E-state index in [0.29, 0.717) is 6.61 Å². The molecule has 136 valence electrons. The van der Waals surface area contributed by atoms with Crippen molar-refractivity contribution in [2.75, 3.05) is 20.3 Å². The highest BCUT2D eigenvalue weighted by atomic mass is 127. The number of hydrogen-bond acceptors (Lipinski definition) is 6. The molecular formula is C12H19F3INO5S. The molecule has 3 atom stereocenters. The van der Waals surface area contributed by atoms with Crippen LogP contribution in [0.5, 0.6) is 0 Å². The maximum Gasteiger partial charge on any atom is 0.471 e. The van der Waals surface area contributed by atoms with Crippen LogP contribution in [0.4, 0.5) is 13.2 Å². The van der Waals surface area contributed by atoms with Crippen LogP contribution in [0.1, 0.15) is 20.3 Å². The molecule has 0 radical (unpaired) electrons. The van der Waals surface area contributed by atoms with Crippen LogP contribution in [0.15, 0.2) is 0 Å². The Kier molecular flexibility index (Phi) is 8.34. The molecule has 2 aliphatic rings. The highest BCUT2D eigenvalue weighted by Gasteiger charge is 2.47. The lowest BCUT2D eigenvalue weighted by molar-refractivity contribution is -0.172. The van der Waals surface area contributed by atoms with Gasteiger partial charge in [-0.3, -0.25) is 4.79 Å². The van der Waals surface area contributed by atoms with Crippen molar-refractivity contribution in [3.63, 3.8) is 0 Å². The van der Waals surface area contributed by atoms with Gasteiger partial charge in [-0.1, -0.05) is 0 Å². The molecule has 2 aliphatic heterocycles. The number of hydrogen-bond donors (Lipinski definition) is 1. The van der Waals surface area contributed by atoms with Gasteiger partial charge in [0.2, 0.25) is 0 Å². The number of fused-ring (bicyclic) bond motifs is 1. The third-order valence-electron chi connectivity index (χ3n) is 3.08. The number of carbonyl (C=O) groups is 1. The second-order valence-electron chi connectivity index (χ2n) is 5.26. The van der Waals surface area contributed by atoms with Gasteiger partial charge < -0.3 is 23.7 Å². The minimum absolute atomic E-state index is 0.00668. The van der Waals surface area contributed by atoms with E-state index in [0.717, 1.165) is 20.1 Å². The molecule has 6 nitrogen and oxygen atoms in total. The first-order valence-corrected chi connectivity index (χ1v) is 10.1. The molecule has 1 amide bonds. The van der Waals surface area contributed by atoms with E-state index in [2.05, 4.69) is 21.2 Å². The Labute approximate surface area is 148 Å². The van der Waals surface area contributed by atoms with Crippen molar-refractivity contribution < 1.29 is 36.4 Å². The molecule has 0 aromatic heterocycles. The molecule has 0 aromatic carbocycles. The van der Waals surface area contributed by atoms with Crippen molar-refractivity contribution in [1.82, 2.24) is 5.32 Å². The predicted octanol–water partition coefficient (Wildman–Crippen LogP) is 2.60. The Hall–Kier alpha value is 0.180. The number of rotatable bonds is 3. The first kappa shape index (κ1) is 21.2. The molecule has 0 saturated carbocycles. The summed E-state index contributed by atoms with van der Waals surface area (Å²) in [7, 11) is 2.25. The fraction of sp³-hybridized carbons (Fsp3) is 0.917. The molecular weight excluding hydrogens is 454 g/mol. The van der Waals surface area contributed by atoms with Crippen LogP contribution in [-0.2, 0) is 23.2 Å². The van der Waals surface area contributed by atoms with Gasteiger partial charge in [0, 0.05) is 34.9 Å². The van der Waals surface area contributed by atoms with Gasteiger partial charge in [-0.2, -0.15) is 13.2 Å². The minimum Gasteiger partial charge on any atom is -0.373 e. The maximum absolute atomic E-state index is 11.0.